The summed E-state index contributed by atoms with van der Waals surface area (Å²) in [6.07, 6.45) is 1.97. The molecular weight excluding hydrogens is 232 g/mol. The van der Waals surface area contributed by atoms with Gasteiger partial charge in [0.2, 0.25) is 0 Å². The Morgan fingerprint density at radius 2 is 2.06 bits per heavy atom. The lowest BCUT2D eigenvalue weighted by atomic mass is 10.1. The number of hydrogen-bond acceptors (Lipinski definition) is 2. The number of benzene rings is 1. The number of nitrogens with two attached hydrogens (primary N) is 1. The molecule has 0 amide bonds. The number of anilines is 1. The van der Waals surface area contributed by atoms with Crippen LogP contribution in [0.5, 0.6) is 0 Å². The third kappa shape index (κ3) is 3.62. The highest BCUT2D eigenvalue weighted by Crippen LogP contribution is 2.29. The molecule has 0 bridgehead atoms. The largest absolute Gasteiger partial charge is 0.369 e. The van der Waals surface area contributed by atoms with Gasteiger partial charge in [-0.3, -0.25) is 0 Å². The topological polar surface area (TPSA) is 29.3 Å². The minimum atomic E-state index is 0.477. The highest BCUT2D eigenvalue weighted by Gasteiger charge is 2.15. The van der Waals surface area contributed by atoms with E-state index in [4.69, 9.17) is 17.3 Å². The molecule has 0 aliphatic heterocycles. The van der Waals surface area contributed by atoms with E-state index in [0.29, 0.717) is 12.6 Å². The second kappa shape index (κ2) is 6.87. The van der Waals surface area contributed by atoms with Crippen LogP contribution in [-0.2, 0) is 6.42 Å². The Bertz CT molecular complexity index is 350. The molecule has 0 aliphatic carbocycles. The standard InChI is InChI=1S/C14H23ClN2/c1-4-10-17(11(2)3)14-7-5-6-13(15)12(14)8-9-16/h5-7,11H,4,8-10,16H2,1-3H3. The van der Waals surface area contributed by atoms with Gasteiger partial charge in [-0.15, -0.1) is 0 Å². The minimum Gasteiger partial charge on any atom is -0.369 e. The molecule has 0 heterocycles. The van der Waals surface area contributed by atoms with Crippen LogP contribution in [0.15, 0.2) is 18.2 Å². The summed E-state index contributed by atoms with van der Waals surface area (Å²) in [6.45, 7) is 8.30. The van der Waals surface area contributed by atoms with Gasteiger partial charge in [-0.05, 0) is 50.9 Å². The SMILES string of the molecule is CCCN(c1cccc(Cl)c1CCN)C(C)C. The summed E-state index contributed by atoms with van der Waals surface area (Å²) in [5.41, 5.74) is 8.09. The molecule has 0 atom stereocenters. The highest BCUT2D eigenvalue weighted by molar-refractivity contribution is 6.31. The molecule has 2 N–H and O–H groups in total. The monoisotopic (exact) mass is 254 g/mol. The minimum absolute atomic E-state index is 0.477. The Morgan fingerprint density at radius 3 is 2.59 bits per heavy atom. The van der Waals surface area contributed by atoms with Crippen LogP contribution in [0.25, 0.3) is 0 Å². The zero-order valence-corrected chi connectivity index (χ0v) is 11.8. The van der Waals surface area contributed by atoms with Crippen LogP contribution in [0.3, 0.4) is 0 Å². The van der Waals surface area contributed by atoms with Crippen LogP contribution >= 0.6 is 11.6 Å². The van der Waals surface area contributed by atoms with Gasteiger partial charge in [0.15, 0.2) is 0 Å². The van der Waals surface area contributed by atoms with E-state index in [2.05, 4.69) is 31.7 Å². The van der Waals surface area contributed by atoms with Crippen LogP contribution in [0.4, 0.5) is 5.69 Å². The summed E-state index contributed by atoms with van der Waals surface area (Å²) in [5, 5.41) is 0.828. The van der Waals surface area contributed by atoms with Crippen molar-refractivity contribution in [1.82, 2.24) is 0 Å². The van der Waals surface area contributed by atoms with Crippen molar-refractivity contribution in [1.29, 1.82) is 0 Å². The van der Waals surface area contributed by atoms with Crippen molar-refractivity contribution in [2.75, 3.05) is 18.0 Å². The van der Waals surface area contributed by atoms with E-state index in [1.54, 1.807) is 0 Å². The fraction of sp³-hybridized carbons (Fsp3) is 0.571. The van der Waals surface area contributed by atoms with Gasteiger partial charge in [-0.1, -0.05) is 24.6 Å². The average molecular weight is 255 g/mol. The van der Waals surface area contributed by atoms with Gasteiger partial charge >= 0.3 is 0 Å². The van der Waals surface area contributed by atoms with Crippen LogP contribution in [-0.4, -0.2) is 19.1 Å². The Morgan fingerprint density at radius 1 is 1.35 bits per heavy atom. The maximum atomic E-state index is 6.27. The molecule has 0 saturated heterocycles. The third-order valence-electron chi connectivity index (χ3n) is 2.89. The summed E-state index contributed by atoms with van der Waals surface area (Å²) in [5.74, 6) is 0. The molecule has 0 aromatic heterocycles. The fourth-order valence-corrected chi connectivity index (χ4v) is 2.37. The van der Waals surface area contributed by atoms with Gasteiger partial charge in [0.25, 0.3) is 0 Å². The molecular formula is C14H23ClN2. The van der Waals surface area contributed by atoms with Crippen molar-refractivity contribution in [3.8, 4) is 0 Å². The number of halogens is 1. The molecule has 17 heavy (non-hydrogen) atoms. The molecule has 0 fully saturated rings. The van der Waals surface area contributed by atoms with Crippen LogP contribution in [0, 0.1) is 0 Å². The first-order chi connectivity index (χ1) is 8.11. The predicted molar refractivity (Wildman–Crippen MR) is 77.0 cm³/mol. The van der Waals surface area contributed by atoms with Crippen LogP contribution in [0.2, 0.25) is 5.02 Å². The summed E-state index contributed by atoms with van der Waals surface area (Å²) in [4.78, 5) is 2.40. The second-order valence-electron chi connectivity index (χ2n) is 4.56. The van der Waals surface area contributed by atoms with Crippen molar-refractivity contribution in [3.63, 3.8) is 0 Å². The van der Waals surface area contributed by atoms with Gasteiger partial charge in [-0.25, -0.2) is 0 Å². The molecule has 96 valence electrons. The zero-order chi connectivity index (χ0) is 12.8. The molecule has 0 aliphatic rings. The van der Waals surface area contributed by atoms with E-state index in [9.17, 15) is 0 Å². The van der Waals surface area contributed by atoms with Crippen molar-refractivity contribution in [2.45, 2.75) is 39.7 Å². The van der Waals surface area contributed by atoms with Crippen molar-refractivity contribution >= 4 is 17.3 Å². The molecule has 0 saturated carbocycles. The van der Waals surface area contributed by atoms with Gasteiger partial charge in [0.1, 0.15) is 0 Å². The number of nitrogens with zero attached hydrogens (tertiary/aromatic N) is 1. The van der Waals surface area contributed by atoms with Crippen molar-refractivity contribution in [2.24, 2.45) is 5.73 Å². The van der Waals surface area contributed by atoms with Gasteiger partial charge in [-0.2, -0.15) is 0 Å². The molecule has 1 aromatic carbocycles. The Labute approximate surface area is 110 Å². The quantitative estimate of drug-likeness (QED) is 0.842. The van der Waals surface area contributed by atoms with Gasteiger partial charge in [0.05, 0.1) is 0 Å². The van der Waals surface area contributed by atoms with E-state index in [1.165, 1.54) is 11.3 Å². The zero-order valence-electron chi connectivity index (χ0n) is 11.0. The molecule has 0 spiro atoms. The highest BCUT2D eigenvalue weighted by atomic mass is 35.5. The molecule has 1 rings (SSSR count). The number of hydrogen-bond donors (Lipinski definition) is 1. The van der Waals surface area contributed by atoms with E-state index < -0.39 is 0 Å². The maximum absolute atomic E-state index is 6.27. The first-order valence-corrected chi connectivity index (χ1v) is 6.73. The maximum Gasteiger partial charge on any atom is 0.0459 e. The molecule has 3 heteroatoms. The summed E-state index contributed by atoms with van der Waals surface area (Å²) >= 11 is 6.27. The molecule has 0 radical (unpaired) electrons. The third-order valence-corrected chi connectivity index (χ3v) is 3.24. The lowest BCUT2D eigenvalue weighted by molar-refractivity contribution is 0.667. The van der Waals surface area contributed by atoms with Crippen molar-refractivity contribution < 1.29 is 0 Å². The van der Waals surface area contributed by atoms with Crippen LogP contribution < -0.4 is 10.6 Å². The number of rotatable bonds is 6. The summed E-state index contributed by atoms with van der Waals surface area (Å²) < 4.78 is 0. The Kier molecular flexibility index (Phi) is 5.79. The van der Waals surface area contributed by atoms with E-state index in [0.717, 1.165) is 24.4 Å². The summed E-state index contributed by atoms with van der Waals surface area (Å²) in [6, 6.07) is 6.58. The van der Waals surface area contributed by atoms with E-state index >= 15 is 0 Å². The van der Waals surface area contributed by atoms with E-state index in [1.807, 2.05) is 12.1 Å². The molecule has 2 nitrogen and oxygen atoms in total. The smallest absolute Gasteiger partial charge is 0.0459 e. The second-order valence-corrected chi connectivity index (χ2v) is 4.97. The Balaban J connectivity index is 3.12. The normalized spacial score (nSPS) is 10.9. The van der Waals surface area contributed by atoms with Gasteiger partial charge < -0.3 is 10.6 Å². The van der Waals surface area contributed by atoms with Crippen LogP contribution in [0.1, 0.15) is 32.8 Å². The first-order valence-electron chi connectivity index (χ1n) is 6.35. The van der Waals surface area contributed by atoms with Crippen molar-refractivity contribution in [3.05, 3.63) is 28.8 Å². The fourth-order valence-electron chi connectivity index (χ4n) is 2.11. The van der Waals surface area contributed by atoms with E-state index in [-0.39, 0.29) is 0 Å². The Hall–Kier alpha value is -0.730. The van der Waals surface area contributed by atoms with Gasteiger partial charge in [0, 0.05) is 23.3 Å². The lowest BCUT2D eigenvalue weighted by Gasteiger charge is -2.31. The molecule has 0 unspecified atom stereocenters. The summed E-state index contributed by atoms with van der Waals surface area (Å²) in [7, 11) is 0. The first kappa shape index (κ1) is 14.3. The predicted octanol–water partition coefficient (Wildman–Crippen LogP) is 3.47. The average Bonchev–Trinajstić information content (AvgIpc) is 2.29. The lowest BCUT2D eigenvalue weighted by Crippen LogP contribution is -2.32. The molecule has 1 aromatic rings.